The maximum Gasteiger partial charge on any atom is 0.0443 e. The van der Waals surface area contributed by atoms with Crippen molar-refractivity contribution in [3.8, 4) is 0 Å². The number of aromatic nitrogens is 1. The summed E-state index contributed by atoms with van der Waals surface area (Å²) >= 11 is 0. The molecule has 1 unspecified atom stereocenters. The summed E-state index contributed by atoms with van der Waals surface area (Å²) in [5.74, 6) is 0. The Morgan fingerprint density at radius 1 is 1.38 bits per heavy atom. The van der Waals surface area contributed by atoms with Gasteiger partial charge in [0.1, 0.15) is 0 Å². The largest absolute Gasteiger partial charge is 0.396 e. The van der Waals surface area contributed by atoms with Crippen LogP contribution in [0.4, 0.5) is 0 Å². The molecule has 0 radical (unpaired) electrons. The molecule has 16 heavy (non-hydrogen) atoms. The minimum absolute atomic E-state index is 0.279. The van der Waals surface area contributed by atoms with E-state index in [-0.39, 0.29) is 6.61 Å². The lowest BCUT2D eigenvalue weighted by Crippen LogP contribution is -2.30. The Labute approximate surface area is 96.9 Å². The predicted molar refractivity (Wildman–Crippen MR) is 64.4 cm³/mol. The first-order valence-corrected chi connectivity index (χ1v) is 6.17. The van der Waals surface area contributed by atoms with Gasteiger partial charge in [0.05, 0.1) is 0 Å². The average Bonchev–Trinajstić information content (AvgIpc) is 2.53. The van der Waals surface area contributed by atoms with Crippen molar-refractivity contribution in [1.29, 1.82) is 0 Å². The van der Waals surface area contributed by atoms with Gasteiger partial charge in [-0.2, -0.15) is 0 Å². The Bertz CT molecular complexity index is 300. The summed E-state index contributed by atoms with van der Waals surface area (Å²) < 4.78 is 0. The molecule has 1 aromatic heterocycles. The van der Waals surface area contributed by atoms with Gasteiger partial charge < -0.3 is 10.4 Å². The van der Waals surface area contributed by atoms with E-state index in [1.165, 1.54) is 17.7 Å². The van der Waals surface area contributed by atoms with Crippen molar-refractivity contribution < 1.29 is 5.11 Å². The number of hydrogen-bond acceptors (Lipinski definition) is 3. The SMILES string of the molecule is OCCCNC1CCc2cccnc2CC1. The molecule has 1 atom stereocenters. The molecule has 2 rings (SSSR count). The maximum absolute atomic E-state index is 8.74. The first kappa shape index (κ1) is 11.6. The highest BCUT2D eigenvalue weighted by atomic mass is 16.3. The van der Waals surface area contributed by atoms with E-state index in [0.717, 1.165) is 32.2 Å². The second-order valence-electron chi connectivity index (χ2n) is 4.41. The third-order valence-corrected chi connectivity index (χ3v) is 3.24. The fraction of sp³-hybridized carbons (Fsp3) is 0.615. The lowest BCUT2D eigenvalue weighted by Gasteiger charge is -2.15. The monoisotopic (exact) mass is 220 g/mol. The molecule has 0 saturated heterocycles. The van der Waals surface area contributed by atoms with Crippen molar-refractivity contribution in [2.24, 2.45) is 0 Å². The average molecular weight is 220 g/mol. The molecule has 1 aromatic rings. The van der Waals surface area contributed by atoms with Gasteiger partial charge in [-0.3, -0.25) is 4.98 Å². The van der Waals surface area contributed by atoms with Gasteiger partial charge >= 0.3 is 0 Å². The van der Waals surface area contributed by atoms with Gasteiger partial charge in [-0.05, 0) is 50.3 Å². The molecule has 0 spiro atoms. The predicted octanol–water partition coefficient (Wildman–Crippen LogP) is 1.30. The molecule has 3 heteroatoms. The Hall–Kier alpha value is -0.930. The van der Waals surface area contributed by atoms with E-state index < -0.39 is 0 Å². The fourth-order valence-corrected chi connectivity index (χ4v) is 2.30. The van der Waals surface area contributed by atoms with E-state index in [1.807, 2.05) is 12.3 Å². The van der Waals surface area contributed by atoms with E-state index in [1.54, 1.807) is 0 Å². The highest BCUT2D eigenvalue weighted by molar-refractivity contribution is 5.21. The van der Waals surface area contributed by atoms with Gasteiger partial charge in [0.2, 0.25) is 0 Å². The van der Waals surface area contributed by atoms with Crippen LogP contribution in [0, 0.1) is 0 Å². The summed E-state index contributed by atoms with van der Waals surface area (Å²) in [5, 5.41) is 12.3. The number of nitrogens with one attached hydrogen (secondary N) is 1. The van der Waals surface area contributed by atoms with Gasteiger partial charge in [-0.1, -0.05) is 6.07 Å². The van der Waals surface area contributed by atoms with Crippen molar-refractivity contribution in [2.75, 3.05) is 13.2 Å². The molecule has 0 aliphatic heterocycles. The van der Waals surface area contributed by atoms with Gasteiger partial charge in [0.25, 0.3) is 0 Å². The zero-order chi connectivity index (χ0) is 11.2. The van der Waals surface area contributed by atoms with E-state index in [4.69, 9.17) is 5.11 Å². The Kier molecular flexibility index (Phi) is 4.31. The minimum Gasteiger partial charge on any atom is -0.396 e. The molecule has 0 amide bonds. The van der Waals surface area contributed by atoms with E-state index in [9.17, 15) is 0 Å². The molecule has 2 N–H and O–H groups in total. The number of pyridine rings is 1. The number of hydrogen-bond donors (Lipinski definition) is 2. The normalized spacial score (nSPS) is 20.2. The van der Waals surface area contributed by atoms with Crippen molar-refractivity contribution in [1.82, 2.24) is 10.3 Å². The molecule has 1 aliphatic rings. The molecule has 0 bridgehead atoms. The number of aliphatic hydroxyl groups excluding tert-OH is 1. The Morgan fingerprint density at radius 2 is 2.25 bits per heavy atom. The lowest BCUT2D eigenvalue weighted by atomic mass is 10.1. The van der Waals surface area contributed by atoms with Gasteiger partial charge in [-0.25, -0.2) is 0 Å². The number of nitrogens with zero attached hydrogens (tertiary/aromatic N) is 1. The van der Waals surface area contributed by atoms with Crippen LogP contribution in [0.5, 0.6) is 0 Å². The summed E-state index contributed by atoms with van der Waals surface area (Å²) in [5.41, 5.74) is 2.68. The van der Waals surface area contributed by atoms with E-state index in [0.29, 0.717) is 6.04 Å². The standard InChI is InChI=1S/C13H20N2O/c16-10-2-9-14-12-5-4-11-3-1-8-15-13(11)7-6-12/h1,3,8,12,14,16H,2,4-7,9-10H2. The fourth-order valence-electron chi connectivity index (χ4n) is 2.30. The molecular formula is C13H20N2O. The number of rotatable bonds is 4. The summed E-state index contributed by atoms with van der Waals surface area (Å²) in [7, 11) is 0. The van der Waals surface area contributed by atoms with Crippen molar-refractivity contribution in [3.63, 3.8) is 0 Å². The number of aliphatic hydroxyl groups is 1. The molecule has 0 aromatic carbocycles. The summed E-state index contributed by atoms with van der Waals surface area (Å²) in [6, 6.07) is 4.80. The quantitative estimate of drug-likeness (QED) is 0.594. The molecular weight excluding hydrogens is 200 g/mol. The van der Waals surface area contributed by atoms with Crippen LogP contribution in [0.1, 0.15) is 30.5 Å². The third kappa shape index (κ3) is 3.03. The molecule has 3 nitrogen and oxygen atoms in total. The van der Waals surface area contributed by atoms with E-state index in [2.05, 4.69) is 16.4 Å². The summed E-state index contributed by atoms with van der Waals surface area (Å²) in [6.45, 7) is 1.20. The minimum atomic E-state index is 0.279. The first-order chi connectivity index (χ1) is 7.90. The van der Waals surface area contributed by atoms with Crippen LogP contribution < -0.4 is 5.32 Å². The highest BCUT2D eigenvalue weighted by Crippen LogP contribution is 2.18. The van der Waals surface area contributed by atoms with Crippen LogP contribution in [0.25, 0.3) is 0 Å². The first-order valence-electron chi connectivity index (χ1n) is 6.17. The van der Waals surface area contributed by atoms with Crippen LogP contribution in [0.3, 0.4) is 0 Å². The lowest BCUT2D eigenvalue weighted by molar-refractivity contribution is 0.281. The van der Waals surface area contributed by atoms with E-state index >= 15 is 0 Å². The van der Waals surface area contributed by atoms with Crippen molar-refractivity contribution >= 4 is 0 Å². The van der Waals surface area contributed by atoms with Crippen LogP contribution in [-0.2, 0) is 12.8 Å². The molecule has 1 heterocycles. The molecule has 0 fully saturated rings. The zero-order valence-electron chi connectivity index (χ0n) is 9.65. The van der Waals surface area contributed by atoms with Crippen LogP contribution >= 0.6 is 0 Å². The zero-order valence-corrected chi connectivity index (χ0v) is 9.65. The molecule has 88 valence electrons. The van der Waals surface area contributed by atoms with Gasteiger partial charge in [0, 0.05) is 24.5 Å². The molecule has 1 aliphatic carbocycles. The van der Waals surface area contributed by atoms with Gasteiger partial charge in [0.15, 0.2) is 0 Å². The smallest absolute Gasteiger partial charge is 0.0443 e. The van der Waals surface area contributed by atoms with Gasteiger partial charge in [-0.15, -0.1) is 0 Å². The highest BCUT2D eigenvalue weighted by Gasteiger charge is 2.15. The van der Waals surface area contributed by atoms with Crippen LogP contribution in [0.15, 0.2) is 18.3 Å². The Morgan fingerprint density at radius 3 is 3.12 bits per heavy atom. The number of fused-ring (bicyclic) bond motifs is 1. The maximum atomic E-state index is 8.74. The molecule has 0 saturated carbocycles. The summed E-state index contributed by atoms with van der Waals surface area (Å²) in [4.78, 5) is 4.44. The van der Waals surface area contributed by atoms with Crippen LogP contribution in [-0.4, -0.2) is 29.3 Å². The topological polar surface area (TPSA) is 45.1 Å². The third-order valence-electron chi connectivity index (χ3n) is 3.24. The second-order valence-corrected chi connectivity index (χ2v) is 4.41. The Balaban J connectivity index is 1.87. The van der Waals surface area contributed by atoms with Crippen molar-refractivity contribution in [2.45, 2.75) is 38.1 Å². The number of aryl methyl sites for hydroxylation is 2. The second kappa shape index (κ2) is 5.97. The van der Waals surface area contributed by atoms with Crippen molar-refractivity contribution in [3.05, 3.63) is 29.6 Å². The van der Waals surface area contributed by atoms with Crippen LogP contribution in [0.2, 0.25) is 0 Å². The summed E-state index contributed by atoms with van der Waals surface area (Å²) in [6.07, 6.45) is 7.28.